The van der Waals surface area contributed by atoms with Gasteiger partial charge in [0.15, 0.2) is 0 Å². The molecule has 4 aliphatic rings. The van der Waals surface area contributed by atoms with Crippen LogP contribution in [0.2, 0.25) is 0 Å². The highest BCUT2D eigenvalue weighted by Gasteiger charge is 2.44. The molecule has 3 aromatic heterocycles. The van der Waals surface area contributed by atoms with E-state index >= 15 is 0 Å². The summed E-state index contributed by atoms with van der Waals surface area (Å²) in [6.45, 7) is 4.18. The fourth-order valence-electron chi connectivity index (χ4n) is 5.71. The fourth-order valence-corrected chi connectivity index (χ4v) is 6.87. The third-order valence-corrected chi connectivity index (χ3v) is 8.58. The highest BCUT2D eigenvalue weighted by molar-refractivity contribution is 7.88. The van der Waals surface area contributed by atoms with Crippen LogP contribution >= 0.6 is 0 Å². The molecule has 32 heavy (non-hydrogen) atoms. The van der Waals surface area contributed by atoms with Gasteiger partial charge in [0, 0.05) is 73.2 Å². The SMILES string of the molecule is C[C@@H]1Cc2ncnc(N3CC4CCC3CN4S(C)(=O)=O)c2CN1c1ccnc2[nH]ccc12. The molecule has 2 unspecified atom stereocenters. The minimum absolute atomic E-state index is 0.0129. The predicted octanol–water partition coefficient (Wildman–Crippen LogP) is 1.92. The van der Waals surface area contributed by atoms with E-state index < -0.39 is 10.0 Å². The Hall–Kier alpha value is -2.72. The van der Waals surface area contributed by atoms with E-state index in [1.807, 2.05) is 12.4 Å². The van der Waals surface area contributed by atoms with Crippen molar-refractivity contribution in [2.24, 2.45) is 0 Å². The number of aromatic nitrogens is 4. The Labute approximate surface area is 187 Å². The van der Waals surface area contributed by atoms with Crippen LogP contribution in [0.5, 0.6) is 0 Å². The molecule has 4 aliphatic heterocycles. The minimum Gasteiger partial charge on any atom is -0.363 e. The number of piperazine rings is 1. The molecule has 1 N–H and O–H groups in total. The number of anilines is 2. The van der Waals surface area contributed by atoms with E-state index in [1.54, 1.807) is 10.6 Å². The lowest BCUT2D eigenvalue weighted by molar-refractivity contribution is 0.180. The molecule has 2 bridgehead atoms. The largest absolute Gasteiger partial charge is 0.363 e. The molecule has 9 nitrogen and oxygen atoms in total. The van der Waals surface area contributed by atoms with Gasteiger partial charge in [-0.3, -0.25) is 0 Å². The van der Waals surface area contributed by atoms with Crippen molar-refractivity contribution in [3.05, 3.63) is 42.1 Å². The van der Waals surface area contributed by atoms with Crippen LogP contribution in [-0.2, 0) is 23.0 Å². The summed E-state index contributed by atoms with van der Waals surface area (Å²) in [5.41, 5.74) is 4.30. The van der Waals surface area contributed by atoms with Crippen LogP contribution < -0.4 is 9.80 Å². The number of aromatic amines is 1. The highest BCUT2D eigenvalue weighted by atomic mass is 32.2. The van der Waals surface area contributed by atoms with Crippen LogP contribution in [0, 0.1) is 0 Å². The molecule has 0 aliphatic carbocycles. The second kappa shape index (κ2) is 7.14. The average molecular weight is 454 g/mol. The fraction of sp³-hybridized carbons (Fsp3) is 0.500. The van der Waals surface area contributed by atoms with E-state index in [4.69, 9.17) is 4.98 Å². The van der Waals surface area contributed by atoms with Gasteiger partial charge in [-0.1, -0.05) is 0 Å². The molecule has 0 radical (unpaired) electrons. The normalized spacial score (nSPS) is 26.0. The summed E-state index contributed by atoms with van der Waals surface area (Å²) in [7, 11) is -3.19. The van der Waals surface area contributed by atoms with Crippen LogP contribution in [-0.4, -0.2) is 70.1 Å². The summed E-state index contributed by atoms with van der Waals surface area (Å²) >= 11 is 0. The second-order valence-electron chi connectivity index (χ2n) is 9.24. The first-order valence-corrected chi connectivity index (χ1v) is 13.0. The zero-order valence-corrected chi connectivity index (χ0v) is 19.1. The predicted molar refractivity (Wildman–Crippen MR) is 123 cm³/mol. The molecule has 3 saturated heterocycles. The number of H-pyrrole nitrogens is 1. The third-order valence-electron chi connectivity index (χ3n) is 7.29. The summed E-state index contributed by atoms with van der Waals surface area (Å²) in [4.78, 5) is 21.8. The molecule has 3 aromatic rings. The van der Waals surface area contributed by atoms with E-state index in [0.717, 1.165) is 59.6 Å². The molecule has 0 saturated carbocycles. The molecule has 7 heterocycles. The minimum atomic E-state index is -3.19. The van der Waals surface area contributed by atoms with Gasteiger partial charge in [-0.15, -0.1) is 0 Å². The van der Waals surface area contributed by atoms with E-state index in [2.05, 4.69) is 43.8 Å². The lowest BCUT2D eigenvalue weighted by atomic mass is 9.91. The number of nitrogens with one attached hydrogen (secondary N) is 1. The number of nitrogens with zero attached hydrogens (tertiary/aromatic N) is 6. The van der Waals surface area contributed by atoms with Crippen molar-refractivity contribution >= 4 is 32.6 Å². The van der Waals surface area contributed by atoms with Crippen molar-refractivity contribution < 1.29 is 8.42 Å². The molecular weight excluding hydrogens is 426 g/mol. The molecule has 0 amide bonds. The van der Waals surface area contributed by atoms with Gasteiger partial charge in [-0.2, -0.15) is 4.31 Å². The molecule has 0 aromatic carbocycles. The molecular formula is C22H27N7O2S. The van der Waals surface area contributed by atoms with Gasteiger partial charge in [0.05, 0.1) is 11.9 Å². The van der Waals surface area contributed by atoms with Crippen LogP contribution in [0.4, 0.5) is 11.5 Å². The lowest BCUT2D eigenvalue weighted by Gasteiger charge is -2.51. The molecule has 0 spiro atoms. The summed E-state index contributed by atoms with van der Waals surface area (Å²) in [6.07, 6.45) is 9.51. The Morgan fingerprint density at radius 1 is 1.06 bits per heavy atom. The number of fused-ring (bicyclic) bond motifs is 5. The topological polar surface area (TPSA) is 98.3 Å². The zero-order valence-electron chi connectivity index (χ0n) is 18.3. The van der Waals surface area contributed by atoms with Crippen LogP contribution in [0.15, 0.2) is 30.9 Å². The highest BCUT2D eigenvalue weighted by Crippen LogP contribution is 2.38. The number of sulfonamides is 1. The van der Waals surface area contributed by atoms with Gasteiger partial charge >= 0.3 is 0 Å². The summed E-state index contributed by atoms with van der Waals surface area (Å²) in [6, 6.07) is 4.61. The standard InChI is InChI=1S/C22H27N7O2S/c1-14-9-19-18(12-27(14)20-6-8-24-21-17(20)5-7-23-21)22(26-13-25-19)28-10-16-4-3-15(28)11-29(16)32(2,30)31/h5-8,13-16H,3-4,9-12H2,1-2H3,(H,23,24)/t14-,15?,16?/m1/s1. The Balaban J connectivity index is 1.37. The van der Waals surface area contributed by atoms with Crippen molar-refractivity contribution in [1.29, 1.82) is 0 Å². The second-order valence-corrected chi connectivity index (χ2v) is 11.2. The summed E-state index contributed by atoms with van der Waals surface area (Å²) in [5, 5.41) is 1.11. The smallest absolute Gasteiger partial charge is 0.211 e. The lowest BCUT2D eigenvalue weighted by Crippen LogP contribution is -2.64. The number of hydrogen-bond acceptors (Lipinski definition) is 7. The first kappa shape index (κ1) is 19.9. The van der Waals surface area contributed by atoms with E-state index in [1.165, 1.54) is 6.26 Å². The summed E-state index contributed by atoms with van der Waals surface area (Å²) < 4.78 is 26.2. The first-order valence-electron chi connectivity index (χ1n) is 11.1. The first-order chi connectivity index (χ1) is 15.4. The van der Waals surface area contributed by atoms with Crippen molar-refractivity contribution in [3.63, 3.8) is 0 Å². The Morgan fingerprint density at radius 2 is 1.91 bits per heavy atom. The third kappa shape index (κ3) is 3.07. The monoisotopic (exact) mass is 453 g/mol. The quantitative estimate of drug-likeness (QED) is 0.647. The molecule has 7 rings (SSSR count). The maximum atomic E-state index is 12.2. The van der Waals surface area contributed by atoms with Crippen LogP contribution in [0.1, 0.15) is 31.0 Å². The molecule has 3 fully saturated rings. The van der Waals surface area contributed by atoms with Crippen molar-refractivity contribution in [1.82, 2.24) is 24.2 Å². The van der Waals surface area contributed by atoms with E-state index in [9.17, 15) is 8.42 Å². The Morgan fingerprint density at radius 3 is 2.69 bits per heavy atom. The molecule has 168 valence electrons. The molecule has 3 atom stereocenters. The molecule has 10 heteroatoms. The van der Waals surface area contributed by atoms with Crippen LogP contribution in [0.25, 0.3) is 11.0 Å². The maximum Gasteiger partial charge on any atom is 0.211 e. The van der Waals surface area contributed by atoms with Gasteiger partial charge < -0.3 is 14.8 Å². The number of piperidine rings is 2. The Bertz CT molecular complexity index is 1290. The average Bonchev–Trinajstić information content (AvgIpc) is 3.27. The van der Waals surface area contributed by atoms with Crippen molar-refractivity contribution in [2.75, 3.05) is 29.1 Å². The van der Waals surface area contributed by atoms with E-state index in [-0.39, 0.29) is 12.1 Å². The maximum absolute atomic E-state index is 12.2. The van der Waals surface area contributed by atoms with Crippen molar-refractivity contribution in [3.8, 4) is 0 Å². The number of rotatable bonds is 3. The van der Waals surface area contributed by atoms with Crippen LogP contribution in [0.3, 0.4) is 0 Å². The summed E-state index contributed by atoms with van der Waals surface area (Å²) in [5.74, 6) is 0.967. The van der Waals surface area contributed by atoms with Gasteiger partial charge in [-0.25, -0.2) is 23.4 Å². The van der Waals surface area contributed by atoms with Gasteiger partial charge in [-0.05, 0) is 31.9 Å². The number of hydrogen-bond donors (Lipinski definition) is 1. The number of pyridine rings is 1. The van der Waals surface area contributed by atoms with Gasteiger partial charge in [0.1, 0.15) is 17.8 Å². The zero-order chi connectivity index (χ0) is 22.0. The Kier molecular flexibility index (Phi) is 4.45. The van der Waals surface area contributed by atoms with Gasteiger partial charge in [0.25, 0.3) is 0 Å². The van der Waals surface area contributed by atoms with Crippen molar-refractivity contribution in [2.45, 2.75) is 50.9 Å². The van der Waals surface area contributed by atoms with Gasteiger partial charge in [0.2, 0.25) is 10.0 Å². The van der Waals surface area contributed by atoms with E-state index in [0.29, 0.717) is 19.1 Å².